The van der Waals surface area contributed by atoms with Gasteiger partial charge in [0.1, 0.15) is 5.82 Å². The van der Waals surface area contributed by atoms with Gasteiger partial charge in [0.25, 0.3) is 5.91 Å². The Kier molecular flexibility index (Phi) is 4.34. The number of aromatic nitrogens is 1. The van der Waals surface area contributed by atoms with Crippen LogP contribution in [0.4, 0.5) is 9.52 Å². The van der Waals surface area contributed by atoms with Crippen molar-refractivity contribution in [3.63, 3.8) is 0 Å². The van der Waals surface area contributed by atoms with Crippen molar-refractivity contribution in [3.05, 3.63) is 82.1 Å². The van der Waals surface area contributed by atoms with Gasteiger partial charge in [-0.2, -0.15) is 0 Å². The molecule has 26 heavy (non-hydrogen) atoms. The van der Waals surface area contributed by atoms with E-state index in [1.165, 1.54) is 35.6 Å². The van der Waals surface area contributed by atoms with Crippen molar-refractivity contribution in [2.75, 3.05) is 5.32 Å². The summed E-state index contributed by atoms with van der Waals surface area (Å²) < 4.78 is 13.3. The highest BCUT2D eigenvalue weighted by atomic mass is 32.1. The molecule has 0 spiro atoms. The van der Waals surface area contributed by atoms with Crippen LogP contribution in [-0.4, -0.2) is 16.7 Å². The number of benzene rings is 2. The number of hydrogen-bond donors (Lipinski definition) is 1. The third-order valence-corrected chi connectivity index (χ3v) is 5.45. The lowest BCUT2D eigenvalue weighted by atomic mass is 9.85. The van der Waals surface area contributed by atoms with Crippen molar-refractivity contribution in [2.24, 2.45) is 0 Å². The molecule has 0 aliphatic heterocycles. The zero-order valence-electron chi connectivity index (χ0n) is 13.7. The lowest BCUT2D eigenvalue weighted by molar-refractivity contribution is 0.0967. The van der Waals surface area contributed by atoms with Crippen LogP contribution in [0.2, 0.25) is 0 Å². The van der Waals surface area contributed by atoms with Gasteiger partial charge in [0, 0.05) is 12.0 Å². The number of nitrogens with one attached hydrogen (secondary N) is 1. The molecule has 130 valence electrons. The maximum atomic E-state index is 13.3. The number of carbonyl (C=O) groups excluding carboxylic acids is 2. The van der Waals surface area contributed by atoms with E-state index in [4.69, 9.17) is 0 Å². The van der Waals surface area contributed by atoms with Gasteiger partial charge >= 0.3 is 0 Å². The quantitative estimate of drug-likeness (QED) is 0.745. The predicted octanol–water partition coefficient (Wildman–Crippen LogP) is 4.45. The van der Waals surface area contributed by atoms with Crippen LogP contribution in [0, 0.1) is 5.82 Å². The van der Waals surface area contributed by atoms with Crippen LogP contribution in [0.15, 0.2) is 54.6 Å². The second-order valence-corrected chi connectivity index (χ2v) is 7.20. The maximum absolute atomic E-state index is 13.3. The van der Waals surface area contributed by atoms with Gasteiger partial charge in [-0.05, 0) is 36.1 Å². The Balaban J connectivity index is 1.55. The van der Waals surface area contributed by atoms with Gasteiger partial charge in [-0.15, -0.1) is 0 Å². The Labute approximate surface area is 153 Å². The average molecular weight is 366 g/mol. The Morgan fingerprint density at radius 2 is 1.92 bits per heavy atom. The van der Waals surface area contributed by atoms with E-state index in [2.05, 4.69) is 10.3 Å². The smallest absolute Gasteiger partial charge is 0.257 e. The van der Waals surface area contributed by atoms with Crippen LogP contribution in [0.3, 0.4) is 0 Å². The molecule has 1 aliphatic rings. The average Bonchev–Trinajstić information content (AvgIpc) is 3.05. The van der Waals surface area contributed by atoms with Crippen molar-refractivity contribution in [1.82, 2.24) is 4.98 Å². The Morgan fingerprint density at radius 3 is 2.69 bits per heavy atom. The molecule has 4 nitrogen and oxygen atoms in total. The second kappa shape index (κ2) is 6.80. The van der Waals surface area contributed by atoms with E-state index < -0.39 is 11.7 Å². The van der Waals surface area contributed by atoms with Crippen molar-refractivity contribution in [1.29, 1.82) is 0 Å². The molecule has 1 N–H and O–H groups in total. The molecule has 1 unspecified atom stereocenters. The first-order chi connectivity index (χ1) is 12.6. The number of ketones is 1. The van der Waals surface area contributed by atoms with E-state index in [0.29, 0.717) is 22.9 Å². The van der Waals surface area contributed by atoms with E-state index in [1.807, 2.05) is 30.3 Å². The molecule has 6 heteroatoms. The molecule has 0 bridgehead atoms. The summed E-state index contributed by atoms with van der Waals surface area (Å²) >= 11 is 1.18. The number of halogens is 1. The monoisotopic (exact) mass is 366 g/mol. The first kappa shape index (κ1) is 16.6. The third-order valence-electron chi connectivity index (χ3n) is 4.40. The molecule has 1 amide bonds. The number of anilines is 1. The summed E-state index contributed by atoms with van der Waals surface area (Å²) in [6.07, 6.45) is 1.11. The van der Waals surface area contributed by atoms with Crippen LogP contribution in [0.25, 0.3) is 0 Å². The second-order valence-electron chi connectivity index (χ2n) is 6.20. The van der Waals surface area contributed by atoms with E-state index >= 15 is 0 Å². The number of carbonyl (C=O) groups is 2. The van der Waals surface area contributed by atoms with E-state index in [0.717, 1.165) is 11.3 Å². The number of hydrogen-bond acceptors (Lipinski definition) is 4. The van der Waals surface area contributed by atoms with Crippen molar-refractivity contribution < 1.29 is 14.0 Å². The maximum Gasteiger partial charge on any atom is 0.257 e. The molecule has 1 aliphatic carbocycles. The van der Waals surface area contributed by atoms with Gasteiger partial charge < -0.3 is 0 Å². The molecular formula is C20H15FN2O2S. The minimum atomic E-state index is -0.475. The van der Waals surface area contributed by atoms with E-state index in [9.17, 15) is 14.0 Å². The fourth-order valence-corrected chi connectivity index (χ4v) is 4.08. The number of nitrogens with zero attached hydrogens (tertiary/aromatic N) is 1. The summed E-state index contributed by atoms with van der Waals surface area (Å²) in [6.45, 7) is 0. The molecule has 0 radical (unpaired) electrons. The normalized spacial score (nSPS) is 16.2. The largest absolute Gasteiger partial charge is 0.298 e. The first-order valence-corrected chi connectivity index (χ1v) is 9.06. The fourth-order valence-electron chi connectivity index (χ4n) is 3.14. The first-order valence-electron chi connectivity index (χ1n) is 8.25. The zero-order chi connectivity index (χ0) is 18.1. The lowest BCUT2D eigenvalue weighted by Crippen LogP contribution is -2.17. The molecule has 0 saturated heterocycles. The zero-order valence-corrected chi connectivity index (χ0v) is 14.6. The minimum absolute atomic E-state index is 0.0452. The molecule has 1 atom stereocenters. The topological polar surface area (TPSA) is 59.1 Å². The molecule has 4 rings (SSSR count). The van der Waals surface area contributed by atoms with E-state index in [1.54, 1.807) is 0 Å². The van der Waals surface area contributed by atoms with Crippen molar-refractivity contribution in [3.8, 4) is 0 Å². The molecule has 3 aromatic rings. The highest BCUT2D eigenvalue weighted by Gasteiger charge is 2.30. The third kappa shape index (κ3) is 3.28. The predicted molar refractivity (Wildman–Crippen MR) is 98.3 cm³/mol. The number of fused-ring (bicyclic) bond motifs is 1. The van der Waals surface area contributed by atoms with Crippen molar-refractivity contribution >= 4 is 28.2 Å². The standard InChI is InChI=1S/C20H15FN2O2S/c21-15-8-4-7-13(9-15)19(25)23-20-22-16-10-14(11-17(24)18(16)26-20)12-5-2-1-3-6-12/h1-9,14H,10-11H2,(H,22,23,25). The highest BCUT2D eigenvalue weighted by Crippen LogP contribution is 2.36. The van der Waals surface area contributed by atoms with Gasteiger partial charge in [0.2, 0.25) is 0 Å². The summed E-state index contributed by atoms with van der Waals surface area (Å²) in [5, 5.41) is 3.03. The molecule has 0 fully saturated rings. The Bertz CT molecular complexity index is 984. The van der Waals surface area contributed by atoms with Gasteiger partial charge in [-0.3, -0.25) is 14.9 Å². The summed E-state index contributed by atoms with van der Waals surface area (Å²) in [7, 11) is 0. The van der Waals surface area contributed by atoms with Crippen LogP contribution < -0.4 is 5.32 Å². The summed E-state index contributed by atoms with van der Waals surface area (Å²) in [4.78, 5) is 29.8. The van der Waals surface area contributed by atoms with E-state index in [-0.39, 0.29) is 17.3 Å². The van der Waals surface area contributed by atoms with Crippen LogP contribution in [0.5, 0.6) is 0 Å². The molecule has 1 aromatic heterocycles. The summed E-state index contributed by atoms with van der Waals surface area (Å²) in [6, 6.07) is 15.3. The number of amides is 1. The SMILES string of the molecule is O=C(Nc1nc2c(s1)C(=O)CC(c1ccccc1)C2)c1cccc(F)c1. The van der Waals surface area contributed by atoms with Gasteiger partial charge in [-0.25, -0.2) is 9.37 Å². The molecule has 2 aromatic carbocycles. The number of thiazole rings is 1. The van der Waals surface area contributed by atoms with Crippen LogP contribution >= 0.6 is 11.3 Å². The van der Waals surface area contributed by atoms with Gasteiger partial charge in [0.05, 0.1) is 10.6 Å². The number of Topliss-reactive ketones (excluding diaryl/α,β-unsaturated/α-hetero) is 1. The van der Waals surface area contributed by atoms with Crippen molar-refractivity contribution in [2.45, 2.75) is 18.8 Å². The minimum Gasteiger partial charge on any atom is -0.298 e. The molecule has 1 heterocycles. The molecular weight excluding hydrogens is 351 g/mol. The Morgan fingerprint density at radius 1 is 1.12 bits per heavy atom. The lowest BCUT2D eigenvalue weighted by Gasteiger charge is -2.20. The fraction of sp³-hybridized carbons (Fsp3) is 0.150. The highest BCUT2D eigenvalue weighted by molar-refractivity contribution is 7.17. The Hall–Kier alpha value is -2.86. The summed E-state index contributed by atoms with van der Waals surface area (Å²) in [5.74, 6) is -0.770. The van der Waals surface area contributed by atoms with Crippen LogP contribution in [-0.2, 0) is 6.42 Å². The van der Waals surface area contributed by atoms with Gasteiger partial charge in [-0.1, -0.05) is 47.7 Å². The summed E-state index contributed by atoms with van der Waals surface area (Å²) in [5.41, 5.74) is 2.05. The van der Waals surface area contributed by atoms with Gasteiger partial charge in [0.15, 0.2) is 10.9 Å². The van der Waals surface area contributed by atoms with Crippen LogP contribution in [0.1, 0.15) is 43.6 Å². The number of rotatable bonds is 3. The molecule has 0 saturated carbocycles.